The summed E-state index contributed by atoms with van der Waals surface area (Å²) < 4.78 is 37.5. The minimum absolute atomic E-state index is 0.204. The monoisotopic (exact) mass is 300 g/mol. The van der Waals surface area contributed by atoms with Gasteiger partial charge in [-0.3, -0.25) is 4.79 Å². The van der Waals surface area contributed by atoms with E-state index < -0.39 is 11.7 Å². The molecule has 2 atom stereocenters. The molecule has 0 spiro atoms. The third kappa shape index (κ3) is 3.56. The highest BCUT2D eigenvalue weighted by atomic mass is 19.4. The highest BCUT2D eigenvalue weighted by Gasteiger charge is 2.31. The molecular weight excluding hydrogens is 281 g/mol. The molecule has 6 heteroatoms. The van der Waals surface area contributed by atoms with Crippen LogP contribution < -0.4 is 5.32 Å². The molecule has 1 aromatic carbocycles. The van der Waals surface area contributed by atoms with Gasteiger partial charge < -0.3 is 10.2 Å². The van der Waals surface area contributed by atoms with E-state index >= 15 is 0 Å². The third-order valence-electron chi connectivity index (χ3n) is 4.02. The van der Waals surface area contributed by atoms with Gasteiger partial charge in [0.05, 0.1) is 5.56 Å². The fourth-order valence-electron chi connectivity index (χ4n) is 2.74. The van der Waals surface area contributed by atoms with Crippen molar-refractivity contribution in [2.24, 2.45) is 5.92 Å². The zero-order chi connectivity index (χ0) is 15.6. The van der Waals surface area contributed by atoms with Crippen molar-refractivity contribution in [1.29, 1.82) is 0 Å². The van der Waals surface area contributed by atoms with Crippen LogP contribution in [0.4, 0.5) is 13.2 Å². The van der Waals surface area contributed by atoms with Crippen molar-refractivity contribution in [3.63, 3.8) is 0 Å². The summed E-state index contributed by atoms with van der Waals surface area (Å²) in [5, 5.41) is 3.21. The second-order valence-electron chi connectivity index (χ2n) is 5.49. The molecule has 1 fully saturated rings. The molecule has 0 bridgehead atoms. The van der Waals surface area contributed by atoms with E-state index in [0.717, 1.165) is 18.6 Å². The van der Waals surface area contributed by atoms with Crippen LogP contribution in [0, 0.1) is 5.92 Å². The number of amides is 1. The minimum Gasteiger partial charge on any atom is -0.338 e. The van der Waals surface area contributed by atoms with Gasteiger partial charge in [-0.2, -0.15) is 13.2 Å². The highest BCUT2D eigenvalue weighted by molar-refractivity contribution is 5.94. The number of hydrogen-bond donors (Lipinski definition) is 1. The highest BCUT2D eigenvalue weighted by Crippen LogP contribution is 2.29. The summed E-state index contributed by atoms with van der Waals surface area (Å²) in [6, 6.07) is 4.79. The first-order valence-electron chi connectivity index (χ1n) is 6.96. The molecule has 0 saturated carbocycles. The van der Waals surface area contributed by atoms with E-state index in [2.05, 4.69) is 12.2 Å². The first kappa shape index (κ1) is 15.8. The van der Waals surface area contributed by atoms with Gasteiger partial charge in [0.25, 0.3) is 5.91 Å². The van der Waals surface area contributed by atoms with E-state index in [1.54, 1.807) is 4.90 Å². The van der Waals surface area contributed by atoms with E-state index in [1.165, 1.54) is 12.1 Å². The standard InChI is InChI=1S/C15H19F3N2O/c1-10-9-20(8-7-13(10)19-2)14(21)11-3-5-12(6-4-11)15(16,17)18/h3-6,10,13,19H,7-9H2,1-2H3. The number of likely N-dealkylation sites (tertiary alicyclic amines) is 1. The van der Waals surface area contributed by atoms with Crippen molar-refractivity contribution in [1.82, 2.24) is 10.2 Å². The summed E-state index contributed by atoms with van der Waals surface area (Å²) >= 11 is 0. The van der Waals surface area contributed by atoms with Crippen LogP contribution in [0.25, 0.3) is 0 Å². The number of nitrogens with one attached hydrogen (secondary N) is 1. The average Bonchev–Trinajstić information content (AvgIpc) is 2.45. The Morgan fingerprint density at radius 3 is 2.38 bits per heavy atom. The molecule has 1 heterocycles. The molecule has 1 aliphatic heterocycles. The lowest BCUT2D eigenvalue weighted by Gasteiger charge is -2.36. The van der Waals surface area contributed by atoms with Crippen molar-refractivity contribution >= 4 is 5.91 Å². The Balaban J connectivity index is 2.07. The molecule has 2 rings (SSSR count). The molecule has 2 unspecified atom stereocenters. The second-order valence-corrected chi connectivity index (χ2v) is 5.49. The van der Waals surface area contributed by atoms with E-state index in [4.69, 9.17) is 0 Å². The summed E-state index contributed by atoms with van der Waals surface area (Å²) in [4.78, 5) is 14.0. The van der Waals surface area contributed by atoms with Crippen LogP contribution in [0.2, 0.25) is 0 Å². The number of hydrogen-bond acceptors (Lipinski definition) is 2. The first-order valence-corrected chi connectivity index (χ1v) is 6.96. The van der Waals surface area contributed by atoms with Crippen LogP contribution in [0.1, 0.15) is 29.3 Å². The largest absolute Gasteiger partial charge is 0.416 e. The maximum absolute atomic E-state index is 12.5. The molecule has 1 saturated heterocycles. The Hall–Kier alpha value is -1.56. The van der Waals surface area contributed by atoms with Gasteiger partial charge in [-0.25, -0.2) is 0 Å². The van der Waals surface area contributed by atoms with Gasteiger partial charge in [-0.1, -0.05) is 6.92 Å². The molecule has 21 heavy (non-hydrogen) atoms. The minimum atomic E-state index is -4.37. The molecular formula is C15H19F3N2O. The number of benzene rings is 1. The number of halogens is 3. The number of nitrogens with zero attached hydrogens (tertiary/aromatic N) is 1. The smallest absolute Gasteiger partial charge is 0.338 e. The van der Waals surface area contributed by atoms with E-state index in [9.17, 15) is 18.0 Å². The number of carbonyl (C=O) groups is 1. The molecule has 0 radical (unpaired) electrons. The van der Waals surface area contributed by atoms with Gasteiger partial charge >= 0.3 is 6.18 Å². The van der Waals surface area contributed by atoms with Gasteiger partial charge in [0.2, 0.25) is 0 Å². The van der Waals surface area contributed by atoms with E-state index in [0.29, 0.717) is 30.6 Å². The average molecular weight is 300 g/mol. The SMILES string of the molecule is CNC1CCN(C(=O)c2ccc(C(F)(F)F)cc2)CC1C. The zero-order valence-corrected chi connectivity index (χ0v) is 12.1. The van der Waals surface area contributed by atoms with Crippen LogP contribution in [0.5, 0.6) is 0 Å². The lowest BCUT2D eigenvalue weighted by molar-refractivity contribution is -0.137. The van der Waals surface area contributed by atoms with Crippen LogP contribution >= 0.6 is 0 Å². The predicted molar refractivity (Wildman–Crippen MR) is 74.0 cm³/mol. The lowest BCUT2D eigenvalue weighted by atomic mass is 9.93. The van der Waals surface area contributed by atoms with Gasteiger partial charge in [-0.15, -0.1) is 0 Å². The molecule has 116 valence electrons. The summed E-state index contributed by atoms with van der Waals surface area (Å²) in [6.07, 6.45) is -3.52. The maximum Gasteiger partial charge on any atom is 0.416 e. The van der Waals surface area contributed by atoms with Crippen LogP contribution in [-0.4, -0.2) is 37.0 Å². The summed E-state index contributed by atoms with van der Waals surface area (Å²) in [7, 11) is 1.90. The van der Waals surface area contributed by atoms with Gasteiger partial charge in [0, 0.05) is 24.7 Å². The van der Waals surface area contributed by atoms with Crippen LogP contribution in [0.3, 0.4) is 0 Å². The predicted octanol–water partition coefficient (Wildman–Crippen LogP) is 2.78. The molecule has 1 amide bonds. The van der Waals surface area contributed by atoms with E-state index in [-0.39, 0.29) is 5.91 Å². The molecule has 1 aliphatic rings. The van der Waals surface area contributed by atoms with Gasteiger partial charge in [0.15, 0.2) is 0 Å². The Kier molecular flexibility index (Phi) is 4.56. The van der Waals surface area contributed by atoms with Crippen molar-refractivity contribution < 1.29 is 18.0 Å². The van der Waals surface area contributed by atoms with Gasteiger partial charge in [0.1, 0.15) is 0 Å². The number of rotatable bonds is 2. The Bertz CT molecular complexity index is 499. The van der Waals surface area contributed by atoms with Crippen molar-refractivity contribution in [2.45, 2.75) is 25.6 Å². The molecule has 1 aromatic rings. The summed E-state index contributed by atoms with van der Waals surface area (Å²) in [6.45, 7) is 3.30. The summed E-state index contributed by atoms with van der Waals surface area (Å²) in [5.41, 5.74) is -0.431. The quantitative estimate of drug-likeness (QED) is 0.911. The molecule has 1 N–H and O–H groups in total. The second kappa shape index (κ2) is 6.05. The van der Waals surface area contributed by atoms with Crippen molar-refractivity contribution in [3.8, 4) is 0 Å². The molecule has 0 aromatic heterocycles. The van der Waals surface area contributed by atoms with Gasteiger partial charge in [-0.05, 0) is 43.7 Å². The maximum atomic E-state index is 12.5. The number of piperidine rings is 1. The fraction of sp³-hybridized carbons (Fsp3) is 0.533. The summed E-state index contributed by atoms with van der Waals surface area (Å²) in [5.74, 6) is 0.118. The normalized spacial score (nSPS) is 23.2. The molecule has 0 aliphatic carbocycles. The third-order valence-corrected chi connectivity index (χ3v) is 4.02. The lowest BCUT2D eigenvalue weighted by Crippen LogP contribution is -2.49. The number of carbonyl (C=O) groups excluding carboxylic acids is 1. The zero-order valence-electron chi connectivity index (χ0n) is 12.1. The Morgan fingerprint density at radius 1 is 1.29 bits per heavy atom. The number of alkyl halides is 3. The first-order chi connectivity index (χ1) is 9.82. The Labute approximate surface area is 122 Å². The van der Waals surface area contributed by atoms with E-state index in [1.807, 2.05) is 7.05 Å². The molecule has 3 nitrogen and oxygen atoms in total. The van der Waals surface area contributed by atoms with Crippen LogP contribution in [0.15, 0.2) is 24.3 Å². The fourth-order valence-corrected chi connectivity index (χ4v) is 2.74. The van der Waals surface area contributed by atoms with Crippen LogP contribution in [-0.2, 0) is 6.18 Å². The topological polar surface area (TPSA) is 32.3 Å². The van der Waals surface area contributed by atoms with Crippen molar-refractivity contribution in [3.05, 3.63) is 35.4 Å². The Morgan fingerprint density at radius 2 is 1.90 bits per heavy atom. The van der Waals surface area contributed by atoms with Crippen molar-refractivity contribution in [2.75, 3.05) is 20.1 Å².